The highest BCUT2D eigenvalue weighted by Gasteiger charge is 2.30. The highest BCUT2D eigenvalue weighted by molar-refractivity contribution is 7.99. The number of nitrogens with zero attached hydrogens (tertiary/aromatic N) is 4. The number of halogens is 1. The van der Waals surface area contributed by atoms with Crippen LogP contribution in [0.1, 0.15) is 22.7 Å². The first kappa shape index (κ1) is 25.2. The smallest absolute Gasteiger partial charge is 0.120 e. The maximum Gasteiger partial charge on any atom is 0.120 e. The van der Waals surface area contributed by atoms with Crippen molar-refractivity contribution in [2.75, 3.05) is 53.4 Å². The molecule has 2 aliphatic rings. The number of hydrazone groups is 1. The third kappa shape index (κ3) is 6.24. The van der Waals surface area contributed by atoms with Gasteiger partial charge in [-0.1, -0.05) is 53.7 Å². The van der Waals surface area contributed by atoms with Gasteiger partial charge in [0, 0.05) is 53.6 Å². The van der Waals surface area contributed by atoms with Crippen molar-refractivity contribution in [3.63, 3.8) is 0 Å². The molecule has 3 aromatic carbocycles. The third-order valence-electron chi connectivity index (χ3n) is 6.70. The van der Waals surface area contributed by atoms with Gasteiger partial charge in [0.05, 0.1) is 6.21 Å². The van der Waals surface area contributed by atoms with Crippen molar-refractivity contribution in [1.82, 2.24) is 14.8 Å². The molecule has 5 nitrogen and oxygen atoms in total. The van der Waals surface area contributed by atoms with Crippen LogP contribution in [0.4, 0.5) is 0 Å². The van der Waals surface area contributed by atoms with Gasteiger partial charge in [-0.15, -0.1) is 0 Å². The Morgan fingerprint density at radius 2 is 1.83 bits per heavy atom. The molecule has 0 amide bonds. The Morgan fingerprint density at radius 3 is 2.67 bits per heavy atom. The summed E-state index contributed by atoms with van der Waals surface area (Å²) in [5.74, 6) is 0.884. The number of fused-ring (bicyclic) bond motifs is 2. The average molecular weight is 521 g/mol. The first-order valence-electron chi connectivity index (χ1n) is 12.5. The molecule has 1 saturated heterocycles. The van der Waals surface area contributed by atoms with Crippen LogP contribution in [0.3, 0.4) is 0 Å². The number of hydrogen-bond acceptors (Lipinski definition) is 6. The Kier molecular flexibility index (Phi) is 8.17. The monoisotopic (exact) mass is 520 g/mol. The molecule has 36 heavy (non-hydrogen) atoms. The summed E-state index contributed by atoms with van der Waals surface area (Å²) in [7, 11) is 4.10. The summed E-state index contributed by atoms with van der Waals surface area (Å²) in [4.78, 5) is 7.37. The molecule has 7 heteroatoms. The molecule has 188 valence electrons. The normalized spacial score (nSPS) is 18.2. The zero-order valence-electron chi connectivity index (χ0n) is 20.9. The maximum atomic E-state index is 6.45. The number of rotatable bonds is 7. The van der Waals surface area contributed by atoms with Crippen molar-refractivity contribution in [3.05, 3.63) is 88.4 Å². The summed E-state index contributed by atoms with van der Waals surface area (Å²) in [6, 6.07) is 23.6. The second-order valence-corrected chi connectivity index (χ2v) is 11.1. The first-order chi connectivity index (χ1) is 17.5. The Hall–Kier alpha value is -2.51. The van der Waals surface area contributed by atoms with E-state index < -0.39 is 0 Å². The van der Waals surface area contributed by atoms with E-state index in [1.807, 2.05) is 50.3 Å². The fourth-order valence-electron chi connectivity index (χ4n) is 4.72. The lowest BCUT2D eigenvalue weighted by Gasteiger charge is -2.38. The van der Waals surface area contributed by atoms with Crippen molar-refractivity contribution in [2.45, 2.75) is 22.3 Å². The Bertz CT molecular complexity index is 1210. The molecular formula is C29H33ClN4OS. The van der Waals surface area contributed by atoms with Gasteiger partial charge in [0.1, 0.15) is 12.4 Å². The molecule has 0 aromatic heterocycles. The molecule has 0 aliphatic carbocycles. The van der Waals surface area contributed by atoms with E-state index in [0.29, 0.717) is 12.6 Å². The van der Waals surface area contributed by atoms with Crippen LogP contribution >= 0.6 is 23.4 Å². The number of piperazine rings is 1. The van der Waals surface area contributed by atoms with Crippen molar-refractivity contribution in [1.29, 1.82) is 0 Å². The molecule has 1 atom stereocenters. The fraction of sp³-hybridized carbons (Fsp3) is 0.345. The third-order valence-corrected chi connectivity index (χ3v) is 8.15. The Labute approximate surface area is 223 Å². The highest BCUT2D eigenvalue weighted by Crippen LogP contribution is 2.43. The molecule has 2 aliphatic heterocycles. The van der Waals surface area contributed by atoms with Crippen LogP contribution in [0.15, 0.2) is 81.6 Å². The fourth-order valence-corrected chi connectivity index (χ4v) is 6.02. The van der Waals surface area contributed by atoms with E-state index in [4.69, 9.17) is 21.4 Å². The summed E-state index contributed by atoms with van der Waals surface area (Å²) >= 11 is 8.32. The van der Waals surface area contributed by atoms with Crippen LogP contribution in [0.25, 0.3) is 0 Å². The number of likely N-dealkylation sites (N-methyl/N-ethyl adjacent to an activating group) is 1. The van der Waals surface area contributed by atoms with Gasteiger partial charge in [-0.3, -0.25) is 9.91 Å². The minimum atomic E-state index is 0.317. The van der Waals surface area contributed by atoms with E-state index in [0.717, 1.165) is 55.5 Å². The van der Waals surface area contributed by atoms with E-state index in [9.17, 15) is 0 Å². The molecule has 2 heterocycles. The van der Waals surface area contributed by atoms with Crippen LogP contribution in [0.5, 0.6) is 5.75 Å². The van der Waals surface area contributed by atoms with E-state index >= 15 is 0 Å². The average Bonchev–Trinajstić information content (AvgIpc) is 3.04. The predicted molar refractivity (Wildman–Crippen MR) is 150 cm³/mol. The Morgan fingerprint density at radius 1 is 1.00 bits per heavy atom. The summed E-state index contributed by atoms with van der Waals surface area (Å²) < 4.78 is 5.87. The number of hydrogen-bond donors (Lipinski definition) is 0. The minimum Gasteiger partial charge on any atom is -0.492 e. The summed E-state index contributed by atoms with van der Waals surface area (Å²) in [5.41, 5.74) is 3.81. The maximum absolute atomic E-state index is 6.45. The molecule has 0 radical (unpaired) electrons. The van der Waals surface area contributed by atoms with Crippen LogP contribution < -0.4 is 4.74 Å². The lowest BCUT2D eigenvalue weighted by atomic mass is 9.97. The molecular weight excluding hydrogens is 488 g/mol. The standard InChI is InChI=1S/C29H33ClN4OS/c1-32(2)16-17-35-25-8-5-6-22(18-25)21-31-34-14-12-33(13-15-34)27-19-23-7-3-4-9-28(23)36-29-11-10-24(30)20-26(27)29/h3-11,18,20-21,27H,12-17,19H2,1-2H3/b31-21+/t27-/m0/s1. The van der Waals surface area contributed by atoms with Crippen molar-refractivity contribution < 1.29 is 4.74 Å². The molecule has 1 fully saturated rings. The van der Waals surface area contributed by atoms with Crippen molar-refractivity contribution in [2.24, 2.45) is 5.10 Å². The second kappa shape index (κ2) is 11.7. The molecule has 0 unspecified atom stereocenters. The van der Waals surface area contributed by atoms with E-state index in [-0.39, 0.29) is 0 Å². The number of benzene rings is 3. The highest BCUT2D eigenvalue weighted by atomic mass is 35.5. The molecule has 3 aromatic rings. The minimum absolute atomic E-state index is 0.317. The summed E-state index contributed by atoms with van der Waals surface area (Å²) in [5, 5.41) is 7.77. The molecule has 0 saturated carbocycles. The van der Waals surface area contributed by atoms with Gasteiger partial charge in [-0.05, 0) is 73.6 Å². The second-order valence-electron chi connectivity index (χ2n) is 9.57. The van der Waals surface area contributed by atoms with E-state index in [1.165, 1.54) is 20.9 Å². The van der Waals surface area contributed by atoms with Crippen LogP contribution in [-0.4, -0.2) is 74.4 Å². The topological polar surface area (TPSA) is 31.3 Å². The van der Waals surface area contributed by atoms with Crippen LogP contribution in [-0.2, 0) is 6.42 Å². The van der Waals surface area contributed by atoms with E-state index in [2.05, 4.69) is 63.3 Å². The Balaban J connectivity index is 1.24. The lowest BCUT2D eigenvalue weighted by molar-refractivity contribution is 0.0970. The predicted octanol–water partition coefficient (Wildman–Crippen LogP) is 5.68. The van der Waals surface area contributed by atoms with Gasteiger partial charge in [-0.25, -0.2) is 0 Å². The first-order valence-corrected chi connectivity index (χ1v) is 13.7. The summed E-state index contributed by atoms with van der Waals surface area (Å²) in [6.07, 6.45) is 2.95. The number of ether oxygens (including phenoxy) is 1. The van der Waals surface area contributed by atoms with Gasteiger partial charge >= 0.3 is 0 Å². The van der Waals surface area contributed by atoms with Crippen molar-refractivity contribution in [3.8, 4) is 5.75 Å². The van der Waals surface area contributed by atoms with Gasteiger partial charge in [0.25, 0.3) is 0 Å². The zero-order valence-corrected chi connectivity index (χ0v) is 22.5. The lowest BCUT2D eigenvalue weighted by Crippen LogP contribution is -2.46. The molecule has 0 N–H and O–H groups in total. The SMILES string of the molecule is CN(C)CCOc1cccc(/C=N/N2CCN([C@H]3Cc4ccccc4Sc4ccc(Cl)cc43)CC2)c1. The van der Waals surface area contributed by atoms with Gasteiger partial charge < -0.3 is 9.64 Å². The van der Waals surface area contributed by atoms with Crippen molar-refractivity contribution >= 4 is 29.6 Å². The van der Waals surface area contributed by atoms with E-state index in [1.54, 1.807) is 0 Å². The quantitative estimate of drug-likeness (QED) is 0.374. The zero-order chi connectivity index (χ0) is 24.9. The largest absolute Gasteiger partial charge is 0.492 e. The van der Waals surface area contributed by atoms with Gasteiger partial charge in [0.2, 0.25) is 0 Å². The molecule has 0 spiro atoms. The van der Waals surface area contributed by atoms with Crippen LogP contribution in [0, 0.1) is 0 Å². The molecule has 0 bridgehead atoms. The van der Waals surface area contributed by atoms with Gasteiger partial charge in [-0.2, -0.15) is 5.10 Å². The van der Waals surface area contributed by atoms with Gasteiger partial charge in [0.15, 0.2) is 0 Å². The molecule has 5 rings (SSSR count). The van der Waals surface area contributed by atoms with Crippen LogP contribution in [0.2, 0.25) is 5.02 Å². The summed E-state index contributed by atoms with van der Waals surface area (Å²) in [6.45, 7) is 5.30.